The zero-order valence-electron chi connectivity index (χ0n) is 17.4. The lowest BCUT2D eigenvalue weighted by Crippen LogP contribution is -2.79. The van der Waals surface area contributed by atoms with Gasteiger partial charge in [-0.3, -0.25) is 4.79 Å². The fourth-order valence-electron chi connectivity index (χ4n) is 7.76. The molecule has 1 spiro atoms. The van der Waals surface area contributed by atoms with Gasteiger partial charge in [0.1, 0.15) is 12.2 Å². The molecular weight excluding hydrogens is 412 g/mol. The molecule has 2 bridgehead atoms. The number of ketones is 1. The number of ether oxygens (including phenoxy) is 3. The van der Waals surface area contributed by atoms with Crippen LogP contribution in [0.25, 0.3) is 0 Å². The first-order valence-corrected chi connectivity index (χ1v) is 10.4. The molecule has 31 heavy (non-hydrogen) atoms. The average molecular weight is 438 g/mol. The maximum atomic E-state index is 12.9. The van der Waals surface area contributed by atoms with E-state index in [2.05, 4.69) is 0 Å². The van der Waals surface area contributed by atoms with Gasteiger partial charge in [-0.2, -0.15) is 0 Å². The summed E-state index contributed by atoms with van der Waals surface area (Å²) in [7, 11) is 1.09. The number of aliphatic hydroxyl groups is 4. The van der Waals surface area contributed by atoms with Gasteiger partial charge in [0, 0.05) is 17.8 Å². The van der Waals surface area contributed by atoms with Crippen LogP contribution in [-0.2, 0) is 28.6 Å². The lowest BCUT2D eigenvalue weighted by Gasteiger charge is -2.67. The lowest BCUT2D eigenvalue weighted by atomic mass is 9.38. The Morgan fingerprint density at radius 1 is 1.19 bits per heavy atom. The highest BCUT2D eigenvalue weighted by molar-refractivity contribution is 5.95. The molecular formula is C21H26O10. The van der Waals surface area contributed by atoms with Crippen molar-refractivity contribution in [1.29, 1.82) is 0 Å². The Bertz CT molecular complexity index is 927. The van der Waals surface area contributed by atoms with E-state index in [1.807, 2.05) is 0 Å². The third kappa shape index (κ3) is 2.05. The van der Waals surface area contributed by atoms with E-state index in [1.54, 1.807) is 13.8 Å². The molecule has 2 aliphatic heterocycles. The smallest absolute Gasteiger partial charge is 0.341 e. The highest BCUT2D eigenvalue weighted by Gasteiger charge is 2.84. The molecule has 0 amide bonds. The molecule has 10 unspecified atom stereocenters. The summed E-state index contributed by atoms with van der Waals surface area (Å²) in [5.41, 5.74) is -3.88. The molecule has 2 saturated heterocycles. The summed E-state index contributed by atoms with van der Waals surface area (Å²) >= 11 is 0. The highest BCUT2D eigenvalue weighted by Crippen LogP contribution is 2.72. The second-order valence-electron chi connectivity index (χ2n) is 9.87. The first-order valence-electron chi connectivity index (χ1n) is 10.4. The number of hydrogen-bond acceptors (Lipinski definition) is 10. The van der Waals surface area contributed by atoms with Crippen molar-refractivity contribution in [2.24, 2.45) is 28.6 Å². The molecule has 10 atom stereocenters. The van der Waals surface area contributed by atoms with Crippen LogP contribution in [0.4, 0.5) is 0 Å². The van der Waals surface area contributed by atoms with Gasteiger partial charge in [0.15, 0.2) is 23.2 Å². The predicted octanol–water partition coefficient (Wildman–Crippen LogP) is -1.00. The molecule has 0 aromatic carbocycles. The van der Waals surface area contributed by atoms with Crippen molar-refractivity contribution >= 4 is 17.7 Å². The highest BCUT2D eigenvalue weighted by atomic mass is 16.6. The molecule has 2 heterocycles. The number of esters is 2. The van der Waals surface area contributed by atoms with Gasteiger partial charge in [0.05, 0.1) is 25.7 Å². The number of carbonyl (C=O) groups is 3. The molecule has 5 aliphatic rings. The standard InChI is InChI=1S/C21H26O10/c1-7-8-4-10-20-6-30-21(18(28)29-3,15(20)13(25)17(27)31-10)16(26)12(24)14(20)19(8,2)5-9(22)11(7)23/h8,10,12-16,23-26H,4-6H2,1-3H3. The summed E-state index contributed by atoms with van der Waals surface area (Å²) in [6.45, 7) is 3.24. The Labute approximate surface area is 177 Å². The number of allylic oxidation sites excluding steroid dienone is 2. The monoisotopic (exact) mass is 438 g/mol. The Morgan fingerprint density at radius 3 is 2.52 bits per heavy atom. The van der Waals surface area contributed by atoms with Crippen molar-refractivity contribution in [2.75, 3.05) is 13.7 Å². The second-order valence-corrected chi connectivity index (χ2v) is 9.87. The third-order valence-electron chi connectivity index (χ3n) is 8.86. The molecule has 3 aliphatic carbocycles. The predicted molar refractivity (Wildman–Crippen MR) is 99.2 cm³/mol. The first kappa shape index (κ1) is 20.9. The van der Waals surface area contributed by atoms with Gasteiger partial charge in [0.2, 0.25) is 0 Å². The van der Waals surface area contributed by atoms with E-state index < -0.39 is 76.3 Å². The van der Waals surface area contributed by atoms with Crippen molar-refractivity contribution in [3.63, 3.8) is 0 Å². The number of rotatable bonds is 1. The van der Waals surface area contributed by atoms with Crippen LogP contribution >= 0.6 is 0 Å². The fourth-order valence-corrected chi connectivity index (χ4v) is 7.76. The van der Waals surface area contributed by atoms with Crippen LogP contribution in [0.5, 0.6) is 0 Å². The van der Waals surface area contributed by atoms with Gasteiger partial charge in [-0.25, -0.2) is 9.59 Å². The van der Waals surface area contributed by atoms with Crippen LogP contribution in [0.2, 0.25) is 0 Å². The van der Waals surface area contributed by atoms with Gasteiger partial charge in [-0.05, 0) is 30.3 Å². The summed E-state index contributed by atoms with van der Waals surface area (Å²) in [6.07, 6.45) is -5.87. The largest absolute Gasteiger partial charge is 0.504 e. The van der Waals surface area contributed by atoms with Crippen LogP contribution in [-0.4, -0.2) is 81.9 Å². The minimum absolute atomic E-state index is 0.105. The number of Topliss-reactive ketones (excluding diaryl/α,β-unsaturated/α-hetero) is 1. The first-order chi connectivity index (χ1) is 14.5. The van der Waals surface area contributed by atoms with E-state index >= 15 is 0 Å². The van der Waals surface area contributed by atoms with Crippen LogP contribution < -0.4 is 0 Å². The molecule has 0 aromatic heterocycles. The molecule has 5 rings (SSSR count). The van der Waals surface area contributed by atoms with Crippen molar-refractivity contribution in [2.45, 2.75) is 56.7 Å². The molecule has 170 valence electrons. The maximum absolute atomic E-state index is 12.9. The molecule has 4 N–H and O–H groups in total. The van der Waals surface area contributed by atoms with E-state index in [9.17, 15) is 34.8 Å². The lowest BCUT2D eigenvalue weighted by molar-refractivity contribution is -0.288. The van der Waals surface area contributed by atoms with E-state index in [1.165, 1.54) is 0 Å². The van der Waals surface area contributed by atoms with E-state index in [-0.39, 0.29) is 25.2 Å². The minimum Gasteiger partial charge on any atom is -0.504 e. The Balaban J connectivity index is 1.77. The SMILES string of the molecule is COC(=O)C12OCC34C(CC5C(C)=C(O)C(=O)CC5(C)C3C(O)C1O)OC(=O)C(O)C24. The van der Waals surface area contributed by atoms with Crippen LogP contribution in [0.15, 0.2) is 11.3 Å². The number of carbonyl (C=O) groups excluding carboxylic acids is 3. The fraction of sp³-hybridized carbons (Fsp3) is 0.762. The second kappa shape index (κ2) is 6.06. The number of aliphatic hydroxyl groups excluding tert-OH is 4. The van der Waals surface area contributed by atoms with E-state index in [4.69, 9.17) is 14.2 Å². The minimum atomic E-state index is -2.14. The molecule has 2 saturated carbocycles. The number of hydrogen-bond donors (Lipinski definition) is 4. The Morgan fingerprint density at radius 2 is 1.87 bits per heavy atom. The summed E-state index contributed by atoms with van der Waals surface area (Å²) < 4.78 is 16.3. The van der Waals surface area contributed by atoms with Crippen molar-refractivity contribution in [3.8, 4) is 0 Å². The van der Waals surface area contributed by atoms with Crippen molar-refractivity contribution in [3.05, 3.63) is 11.3 Å². The zero-order valence-corrected chi connectivity index (χ0v) is 17.4. The molecule has 10 nitrogen and oxygen atoms in total. The normalized spacial score (nSPS) is 52.9. The van der Waals surface area contributed by atoms with Gasteiger partial charge in [0.25, 0.3) is 0 Å². The van der Waals surface area contributed by atoms with Gasteiger partial charge in [-0.15, -0.1) is 0 Å². The topological polar surface area (TPSA) is 160 Å². The molecule has 4 fully saturated rings. The maximum Gasteiger partial charge on any atom is 0.341 e. The van der Waals surface area contributed by atoms with Crippen LogP contribution in [0, 0.1) is 28.6 Å². The van der Waals surface area contributed by atoms with Crippen LogP contribution in [0.1, 0.15) is 26.7 Å². The summed E-state index contributed by atoms with van der Waals surface area (Å²) in [5, 5.41) is 43.7. The quantitative estimate of drug-likeness (QED) is 0.374. The average Bonchev–Trinajstić information content (AvgIpc) is 3.03. The zero-order chi connectivity index (χ0) is 22.7. The van der Waals surface area contributed by atoms with Gasteiger partial charge >= 0.3 is 11.9 Å². The van der Waals surface area contributed by atoms with Crippen molar-refractivity contribution < 1.29 is 49.0 Å². The molecule has 0 aromatic rings. The van der Waals surface area contributed by atoms with Gasteiger partial charge < -0.3 is 34.6 Å². The third-order valence-corrected chi connectivity index (χ3v) is 8.86. The van der Waals surface area contributed by atoms with E-state index in [0.29, 0.717) is 5.57 Å². The number of methoxy groups -OCH3 is 1. The molecule has 0 radical (unpaired) electrons. The molecule has 10 heteroatoms. The van der Waals surface area contributed by atoms with Gasteiger partial charge in [-0.1, -0.05) is 6.92 Å². The van der Waals surface area contributed by atoms with E-state index in [0.717, 1.165) is 7.11 Å². The van der Waals surface area contributed by atoms with Crippen molar-refractivity contribution in [1.82, 2.24) is 0 Å². The van der Waals surface area contributed by atoms with Crippen LogP contribution in [0.3, 0.4) is 0 Å². The number of fused-ring (bicyclic) bond motifs is 2. The summed E-state index contributed by atoms with van der Waals surface area (Å²) in [6, 6.07) is 0. The Hall–Kier alpha value is -2.01. The Kier molecular flexibility index (Phi) is 4.08. The summed E-state index contributed by atoms with van der Waals surface area (Å²) in [4.78, 5) is 38.1. The summed E-state index contributed by atoms with van der Waals surface area (Å²) in [5.74, 6) is -5.28.